The topological polar surface area (TPSA) is 65.4 Å². The molecule has 0 aliphatic heterocycles. The van der Waals surface area contributed by atoms with Crippen molar-refractivity contribution in [1.29, 1.82) is 0 Å². The van der Waals surface area contributed by atoms with Crippen LogP contribution in [-0.4, -0.2) is 34.6 Å². The summed E-state index contributed by atoms with van der Waals surface area (Å²) < 4.78 is 13.6. The summed E-state index contributed by atoms with van der Waals surface area (Å²) in [6.45, 7) is 8.00. The maximum absolute atomic E-state index is 11.2. The summed E-state index contributed by atoms with van der Waals surface area (Å²) in [4.78, 5) is 16.0. The highest BCUT2D eigenvalue weighted by Crippen LogP contribution is 2.28. The van der Waals surface area contributed by atoms with E-state index < -0.39 is 5.54 Å². The summed E-state index contributed by atoms with van der Waals surface area (Å²) in [7, 11) is 0. The maximum Gasteiger partial charge on any atom is 0.139 e. The lowest BCUT2D eigenvalue weighted by Crippen LogP contribution is -2.40. The molecule has 154 valence electrons. The van der Waals surface area contributed by atoms with Crippen LogP contribution in [0.2, 0.25) is 5.02 Å². The van der Waals surface area contributed by atoms with Crippen LogP contribution in [0.1, 0.15) is 26.6 Å². The zero-order valence-electron chi connectivity index (χ0n) is 16.9. The van der Waals surface area contributed by atoms with Gasteiger partial charge in [-0.25, -0.2) is 4.98 Å². The first-order valence-corrected chi connectivity index (χ1v) is 10.0. The lowest BCUT2D eigenvalue weighted by atomic mass is 10.1. The molecule has 0 spiro atoms. The smallest absolute Gasteiger partial charge is 0.139 e. The average molecular weight is 416 g/mol. The standard InChI is InChI=1S/C22H26ClN3O3/c1-4-28-11-10-26-20-13-18(29-17-7-5-6-16(23)12-17)8-9-19(20)25-21(26)14-24-22(2,3)15-27/h5-9,12-13,15,24H,4,10-11,14H2,1-3H3. The van der Waals surface area contributed by atoms with Gasteiger partial charge in [-0.1, -0.05) is 17.7 Å². The van der Waals surface area contributed by atoms with E-state index in [1.54, 1.807) is 12.1 Å². The predicted molar refractivity (Wildman–Crippen MR) is 115 cm³/mol. The van der Waals surface area contributed by atoms with Crippen molar-refractivity contribution >= 4 is 28.9 Å². The van der Waals surface area contributed by atoms with Crippen molar-refractivity contribution in [2.24, 2.45) is 0 Å². The van der Waals surface area contributed by atoms with Crippen molar-refractivity contribution in [3.8, 4) is 11.5 Å². The van der Waals surface area contributed by atoms with Crippen LogP contribution in [0.5, 0.6) is 11.5 Å². The van der Waals surface area contributed by atoms with E-state index in [0.717, 1.165) is 23.1 Å². The van der Waals surface area contributed by atoms with Gasteiger partial charge in [0.25, 0.3) is 0 Å². The van der Waals surface area contributed by atoms with Gasteiger partial charge in [-0.15, -0.1) is 0 Å². The van der Waals surface area contributed by atoms with Gasteiger partial charge in [-0.2, -0.15) is 0 Å². The van der Waals surface area contributed by atoms with Gasteiger partial charge >= 0.3 is 0 Å². The lowest BCUT2D eigenvalue weighted by molar-refractivity contribution is -0.112. The van der Waals surface area contributed by atoms with E-state index >= 15 is 0 Å². The highest BCUT2D eigenvalue weighted by molar-refractivity contribution is 6.30. The van der Waals surface area contributed by atoms with Crippen molar-refractivity contribution in [2.75, 3.05) is 13.2 Å². The second kappa shape index (κ2) is 9.39. The first-order valence-electron chi connectivity index (χ1n) is 9.63. The van der Waals surface area contributed by atoms with Gasteiger partial charge in [-0.3, -0.25) is 5.32 Å². The normalized spacial score (nSPS) is 11.7. The van der Waals surface area contributed by atoms with E-state index in [-0.39, 0.29) is 0 Å². The predicted octanol–water partition coefficient (Wildman–Crippen LogP) is 4.59. The second-order valence-electron chi connectivity index (χ2n) is 7.28. The minimum absolute atomic E-state index is 0.469. The summed E-state index contributed by atoms with van der Waals surface area (Å²) in [6, 6.07) is 13.1. The summed E-state index contributed by atoms with van der Waals surface area (Å²) in [5, 5.41) is 3.86. The molecule has 6 nitrogen and oxygen atoms in total. The van der Waals surface area contributed by atoms with E-state index in [2.05, 4.69) is 9.88 Å². The molecular weight excluding hydrogens is 390 g/mol. The lowest BCUT2D eigenvalue weighted by Gasteiger charge is -2.19. The molecule has 0 atom stereocenters. The molecule has 3 rings (SSSR count). The van der Waals surface area contributed by atoms with Crippen molar-refractivity contribution in [1.82, 2.24) is 14.9 Å². The Balaban J connectivity index is 1.91. The quantitative estimate of drug-likeness (QED) is 0.387. The number of aldehydes is 1. The first kappa shape index (κ1) is 21.3. The highest BCUT2D eigenvalue weighted by Gasteiger charge is 2.18. The summed E-state index contributed by atoms with van der Waals surface area (Å²) in [5.41, 5.74) is 1.19. The number of fused-ring (bicyclic) bond motifs is 1. The first-order chi connectivity index (χ1) is 13.9. The molecule has 0 bridgehead atoms. The third kappa shape index (κ3) is 5.56. The number of carbonyl (C=O) groups is 1. The number of ether oxygens (including phenoxy) is 2. The molecule has 0 aliphatic rings. The van der Waals surface area contributed by atoms with Crippen LogP contribution >= 0.6 is 11.6 Å². The van der Waals surface area contributed by atoms with Gasteiger partial charge in [0, 0.05) is 24.2 Å². The number of aromatic nitrogens is 2. The molecule has 1 aromatic heterocycles. The van der Waals surface area contributed by atoms with Crippen molar-refractivity contribution < 1.29 is 14.3 Å². The number of hydrogen-bond donors (Lipinski definition) is 1. The number of hydrogen-bond acceptors (Lipinski definition) is 5. The van der Waals surface area contributed by atoms with Gasteiger partial charge in [0.2, 0.25) is 0 Å². The summed E-state index contributed by atoms with van der Waals surface area (Å²) in [5.74, 6) is 2.21. The van der Waals surface area contributed by atoms with Crippen LogP contribution in [0.3, 0.4) is 0 Å². The number of carbonyl (C=O) groups excluding carboxylic acids is 1. The van der Waals surface area contributed by atoms with Crippen molar-refractivity contribution in [3.05, 3.63) is 53.3 Å². The van der Waals surface area contributed by atoms with E-state index in [0.29, 0.717) is 42.8 Å². The molecule has 0 unspecified atom stereocenters. The Labute approximate surface area is 175 Å². The number of halogens is 1. The van der Waals surface area contributed by atoms with Crippen LogP contribution in [0.4, 0.5) is 0 Å². The Bertz CT molecular complexity index is 985. The molecule has 29 heavy (non-hydrogen) atoms. The van der Waals surface area contributed by atoms with Gasteiger partial charge in [-0.05, 0) is 51.1 Å². The Morgan fingerprint density at radius 1 is 1.21 bits per heavy atom. The Morgan fingerprint density at radius 2 is 2.00 bits per heavy atom. The maximum atomic E-state index is 11.2. The zero-order chi connectivity index (χ0) is 20.9. The van der Waals surface area contributed by atoms with Crippen LogP contribution < -0.4 is 10.1 Å². The van der Waals surface area contributed by atoms with E-state index in [1.807, 2.05) is 51.1 Å². The molecule has 0 aliphatic carbocycles. The number of imidazole rings is 1. The fourth-order valence-electron chi connectivity index (χ4n) is 2.92. The van der Waals surface area contributed by atoms with E-state index in [4.69, 9.17) is 26.1 Å². The molecule has 0 saturated heterocycles. The Kier molecular flexibility index (Phi) is 6.90. The van der Waals surface area contributed by atoms with Crippen LogP contribution in [0.15, 0.2) is 42.5 Å². The van der Waals surface area contributed by atoms with Gasteiger partial charge in [0.05, 0.1) is 29.7 Å². The fourth-order valence-corrected chi connectivity index (χ4v) is 3.10. The third-order valence-corrected chi connectivity index (χ3v) is 4.73. The number of nitrogens with zero attached hydrogens (tertiary/aromatic N) is 2. The minimum Gasteiger partial charge on any atom is -0.457 e. The van der Waals surface area contributed by atoms with Crippen LogP contribution in [0, 0.1) is 0 Å². The fraction of sp³-hybridized carbons (Fsp3) is 0.364. The average Bonchev–Trinajstić information content (AvgIpc) is 3.04. The molecule has 1 heterocycles. The summed E-state index contributed by atoms with van der Waals surface area (Å²) >= 11 is 6.05. The molecule has 0 saturated carbocycles. The van der Waals surface area contributed by atoms with Crippen LogP contribution in [-0.2, 0) is 22.6 Å². The summed E-state index contributed by atoms with van der Waals surface area (Å²) in [6.07, 6.45) is 0.900. The third-order valence-electron chi connectivity index (χ3n) is 4.49. The molecule has 2 aromatic carbocycles. The van der Waals surface area contributed by atoms with Crippen molar-refractivity contribution in [3.63, 3.8) is 0 Å². The van der Waals surface area contributed by atoms with E-state index in [1.165, 1.54) is 0 Å². The number of rotatable bonds is 10. The molecule has 0 fully saturated rings. The van der Waals surface area contributed by atoms with Crippen LogP contribution in [0.25, 0.3) is 11.0 Å². The monoisotopic (exact) mass is 415 g/mol. The van der Waals surface area contributed by atoms with Gasteiger partial charge in [0.1, 0.15) is 23.6 Å². The largest absolute Gasteiger partial charge is 0.457 e. The molecule has 1 N–H and O–H groups in total. The zero-order valence-corrected chi connectivity index (χ0v) is 17.7. The van der Waals surface area contributed by atoms with Gasteiger partial charge in [0.15, 0.2) is 0 Å². The number of benzene rings is 2. The number of nitrogens with one attached hydrogen (secondary N) is 1. The molecule has 3 aromatic rings. The Morgan fingerprint density at radius 3 is 2.72 bits per heavy atom. The SMILES string of the molecule is CCOCCn1c(CNC(C)(C)C=O)nc2ccc(Oc3cccc(Cl)c3)cc21. The highest BCUT2D eigenvalue weighted by atomic mass is 35.5. The molecule has 7 heteroatoms. The molecule has 0 amide bonds. The second-order valence-corrected chi connectivity index (χ2v) is 7.72. The van der Waals surface area contributed by atoms with Gasteiger partial charge < -0.3 is 18.8 Å². The van der Waals surface area contributed by atoms with Crippen molar-refractivity contribution in [2.45, 2.75) is 39.4 Å². The molecule has 0 radical (unpaired) electrons. The van der Waals surface area contributed by atoms with E-state index in [9.17, 15) is 4.79 Å². The minimum atomic E-state index is -0.621. The molecular formula is C22H26ClN3O3. The Hall–Kier alpha value is -2.41.